The van der Waals surface area contributed by atoms with Gasteiger partial charge in [0.25, 0.3) is 0 Å². The number of benzene rings is 1. The first kappa shape index (κ1) is 12.1. The van der Waals surface area contributed by atoms with Crippen LogP contribution in [0.4, 0.5) is 0 Å². The van der Waals surface area contributed by atoms with E-state index in [2.05, 4.69) is 5.32 Å². The maximum absolute atomic E-state index is 10.8. The highest BCUT2D eigenvalue weighted by Crippen LogP contribution is 2.31. The molecule has 1 aromatic rings. The summed E-state index contributed by atoms with van der Waals surface area (Å²) in [4.78, 5) is 10.8. The third kappa shape index (κ3) is 2.65. The van der Waals surface area contributed by atoms with Crippen molar-refractivity contribution in [3.8, 4) is 0 Å². The van der Waals surface area contributed by atoms with Gasteiger partial charge < -0.3 is 15.5 Å². The van der Waals surface area contributed by atoms with Crippen molar-refractivity contribution in [2.24, 2.45) is 0 Å². The van der Waals surface area contributed by atoms with Crippen molar-refractivity contribution in [3.63, 3.8) is 0 Å². The lowest BCUT2D eigenvalue weighted by molar-refractivity contribution is 0.0696. The minimum absolute atomic E-state index is 0.140. The molecule has 4 nitrogen and oxygen atoms in total. The standard InChI is InChI=1S/C13H17NO3/c15-9-13(5-2-6-13)14-8-10-3-1-4-11(7-10)12(16)17/h1,3-4,7,14-15H,2,5-6,8-9H2,(H,16,17). The number of aromatic carboxylic acids is 1. The summed E-state index contributed by atoms with van der Waals surface area (Å²) >= 11 is 0. The lowest BCUT2D eigenvalue weighted by atomic mass is 9.77. The Kier molecular flexibility index (Phi) is 3.45. The van der Waals surface area contributed by atoms with Crippen LogP contribution in [0.5, 0.6) is 0 Å². The van der Waals surface area contributed by atoms with Gasteiger partial charge in [0.05, 0.1) is 12.2 Å². The molecule has 1 saturated carbocycles. The Balaban J connectivity index is 1.99. The largest absolute Gasteiger partial charge is 0.478 e. The van der Waals surface area contributed by atoms with Gasteiger partial charge in [-0.05, 0) is 37.0 Å². The van der Waals surface area contributed by atoms with E-state index in [0.29, 0.717) is 12.1 Å². The molecule has 4 heteroatoms. The van der Waals surface area contributed by atoms with Crippen LogP contribution in [-0.2, 0) is 6.54 Å². The van der Waals surface area contributed by atoms with Crippen LogP contribution in [0.25, 0.3) is 0 Å². The van der Waals surface area contributed by atoms with Crippen LogP contribution in [0.3, 0.4) is 0 Å². The van der Waals surface area contributed by atoms with Crippen molar-refractivity contribution < 1.29 is 15.0 Å². The fraction of sp³-hybridized carbons (Fsp3) is 0.462. The molecule has 1 aliphatic carbocycles. The Labute approximate surface area is 100 Å². The first-order valence-electron chi connectivity index (χ1n) is 5.83. The predicted molar refractivity (Wildman–Crippen MR) is 63.9 cm³/mol. The fourth-order valence-electron chi connectivity index (χ4n) is 2.10. The molecule has 1 aliphatic rings. The normalized spacial score (nSPS) is 17.5. The fourth-order valence-corrected chi connectivity index (χ4v) is 2.10. The smallest absolute Gasteiger partial charge is 0.335 e. The van der Waals surface area contributed by atoms with Crippen molar-refractivity contribution in [1.82, 2.24) is 5.32 Å². The average Bonchev–Trinajstić information content (AvgIpc) is 2.28. The van der Waals surface area contributed by atoms with Crippen molar-refractivity contribution in [2.45, 2.75) is 31.3 Å². The molecule has 0 heterocycles. The molecule has 1 aromatic carbocycles. The van der Waals surface area contributed by atoms with Gasteiger partial charge in [-0.1, -0.05) is 12.1 Å². The van der Waals surface area contributed by atoms with Gasteiger partial charge in [-0.25, -0.2) is 4.79 Å². The molecule has 0 radical (unpaired) electrons. The second-order valence-electron chi connectivity index (χ2n) is 4.65. The number of aliphatic hydroxyl groups is 1. The van der Waals surface area contributed by atoms with Crippen LogP contribution in [0.15, 0.2) is 24.3 Å². The van der Waals surface area contributed by atoms with Gasteiger partial charge in [0, 0.05) is 12.1 Å². The lowest BCUT2D eigenvalue weighted by Crippen LogP contribution is -2.53. The summed E-state index contributed by atoms with van der Waals surface area (Å²) in [7, 11) is 0. The number of hydrogen-bond acceptors (Lipinski definition) is 3. The molecule has 0 atom stereocenters. The van der Waals surface area contributed by atoms with E-state index >= 15 is 0 Å². The zero-order valence-electron chi connectivity index (χ0n) is 9.65. The molecule has 0 aromatic heterocycles. The molecule has 3 N–H and O–H groups in total. The molecule has 92 valence electrons. The lowest BCUT2D eigenvalue weighted by Gasteiger charge is -2.41. The van der Waals surface area contributed by atoms with Gasteiger partial charge in [-0.3, -0.25) is 0 Å². The number of carboxylic acids is 1. The summed E-state index contributed by atoms with van der Waals surface area (Å²) in [5.74, 6) is -0.910. The maximum Gasteiger partial charge on any atom is 0.335 e. The van der Waals surface area contributed by atoms with Crippen LogP contribution in [0.1, 0.15) is 35.2 Å². The number of rotatable bonds is 5. The van der Waals surface area contributed by atoms with Crippen molar-refractivity contribution in [2.75, 3.05) is 6.61 Å². The minimum Gasteiger partial charge on any atom is -0.478 e. The second-order valence-corrected chi connectivity index (χ2v) is 4.65. The first-order valence-corrected chi connectivity index (χ1v) is 5.83. The molecule has 2 rings (SSSR count). The summed E-state index contributed by atoms with van der Waals surface area (Å²) in [5, 5.41) is 21.5. The van der Waals surface area contributed by atoms with Gasteiger partial charge in [0.1, 0.15) is 0 Å². The van der Waals surface area contributed by atoms with Gasteiger partial charge >= 0.3 is 5.97 Å². The van der Waals surface area contributed by atoms with Crippen LogP contribution in [0, 0.1) is 0 Å². The van der Waals surface area contributed by atoms with E-state index in [4.69, 9.17) is 5.11 Å². The highest BCUT2D eigenvalue weighted by atomic mass is 16.4. The summed E-state index contributed by atoms with van der Waals surface area (Å²) in [6.07, 6.45) is 3.12. The molecule has 0 saturated heterocycles. The van der Waals surface area contributed by atoms with E-state index in [-0.39, 0.29) is 12.1 Å². The number of aliphatic hydroxyl groups excluding tert-OH is 1. The highest BCUT2D eigenvalue weighted by Gasteiger charge is 2.35. The Morgan fingerprint density at radius 2 is 2.18 bits per heavy atom. The molecule has 17 heavy (non-hydrogen) atoms. The van der Waals surface area contributed by atoms with Crippen LogP contribution >= 0.6 is 0 Å². The minimum atomic E-state index is -0.910. The van der Waals surface area contributed by atoms with E-state index in [1.807, 2.05) is 6.07 Å². The van der Waals surface area contributed by atoms with E-state index in [9.17, 15) is 9.90 Å². The predicted octanol–water partition coefficient (Wildman–Crippen LogP) is 1.39. The Morgan fingerprint density at radius 3 is 2.71 bits per heavy atom. The van der Waals surface area contributed by atoms with Crippen LogP contribution in [-0.4, -0.2) is 28.3 Å². The maximum atomic E-state index is 10.8. The summed E-state index contributed by atoms with van der Waals surface area (Å²) in [5.41, 5.74) is 1.10. The number of nitrogens with one attached hydrogen (secondary N) is 1. The third-order valence-electron chi connectivity index (χ3n) is 3.45. The molecular weight excluding hydrogens is 218 g/mol. The van der Waals surface area contributed by atoms with E-state index in [1.54, 1.807) is 18.2 Å². The number of carboxylic acid groups (broad SMARTS) is 1. The second kappa shape index (κ2) is 4.85. The van der Waals surface area contributed by atoms with Gasteiger partial charge in [0.15, 0.2) is 0 Å². The van der Waals surface area contributed by atoms with Gasteiger partial charge in [-0.2, -0.15) is 0 Å². The number of hydrogen-bond donors (Lipinski definition) is 3. The van der Waals surface area contributed by atoms with Crippen molar-refractivity contribution >= 4 is 5.97 Å². The quantitative estimate of drug-likeness (QED) is 0.721. The third-order valence-corrected chi connectivity index (χ3v) is 3.45. The van der Waals surface area contributed by atoms with Crippen molar-refractivity contribution in [3.05, 3.63) is 35.4 Å². The highest BCUT2D eigenvalue weighted by molar-refractivity contribution is 5.87. The summed E-state index contributed by atoms with van der Waals surface area (Å²) in [6, 6.07) is 6.88. The average molecular weight is 235 g/mol. The molecule has 0 amide bonds. The van der Waals surface area contributed by atoms with E-state index in [0.717, 1.165) is 24.8 Å². The van der Waals surface area contributed by atoms with Crippen molar-refractivity contribution in [1.29, 1.82) is 0 Å². The SMILES string of the molecule is O=C(O)c1cccc(CNC2(CO)CCC2)c1. The molecular formula is C13H17NO3. The first-order chi connectivity index (χ1) is 8.15. The molecule has 0 spiro atoms. The van der Waals surface area contributed by atoms with Crippen LogP contribution < -0.4 is 5.32 Å². The van der Waals surface area contributed by atoms with Gasteiger partial charge in [0.2, 0.25) is 0 Å². The summed E-state index contributed by atoms with van der Waals surface area (Å²) in [6.45, 7) is 0.743. The Morgan fingerprint density at radius 1 is 1.41 bits per heavy atom. The Bertz CT molecular complexity index is 407. The summed E-state index contributed by atoms with van der Waals surface area (Å²) < 4.78 is 0. The monoisotopic (exact) mass is 235 g/mol. The molecule has 0 aliphatic heterocycles. The molecule has 0 unspecified atom stereocenters. The van der Waals surface area contributed by atoms with Gasteiger partial charge in [-0.15, -0.1) is 0 Å². The van der Waals surface area contributed by atoms with E-state index in [1.165, 1.54) is 0 Å². The zero-order valence-corrected chi connectivity index (χ0v) is 9.65. The van der Waals surface area contributed by atoms with E-state index < -0.39 is 5.97 Å². The number of carbonyl (C=O) groups is 1. The molecule has 0 bridgehead atoms. The van der Waals surface area contributed by atoms with Crippen LogP contribution in [0.2, 0.25) is 0 Å². The Hall–Kier alpha value is -1.39. The molecule has 1 fully saturated rings. The zero-order chi connectivity index (χ0) is 12.3. The topological polar surface area (TPSA) is 69.6 Å².